The van der Waals surface area contributed by atoms with Gasteiger partial charge in [-0.25, -0.2) is 14.3 Å². The van der Waals surface area contributed by atoms with E-state index in [1.165, 1.54) is 0 Å². The quantitative estimate of drug-likeness (QED) is 0.389. The van der Waals surface area contributed by atoms with Crippen LogP contribution in [0.1, 0.15) is 0 Å². The summed E-state index contributed by atoms with van der Waals surface area (Å²) in [5, 5.41) is 17.2. The van der Waals surface area contributed by atoms with Crippen molar-refractivity contribution in [3.8, 4) is 0 Å². The standard InChI is InChI=1S/C5H5N7O4S3/c6-7-4-2(12(13)14)1-3(17-4)19(15,16)9-5-8-10-11-18-5/h1,7H,6H2,(H,8,9,11). The molecule has 0 unspecified atom stereocenters. The maximum Gasteiger partial charge on any atom is 0.306 e. The number of thiophene rings is 1. The van der Waals surface area contributed by atoms with Crippen molar-refractivity contribution < 1.29 is 13.3 Å². The molecule has 0 saturated carbocycles. The lowest BCUT2D eigenvalue weighted by Crippen LogP contribution is -2.11. The average Bonchev–Trinajstić information content (AvgIpc) is 2.95. The lowest BCUT2D eigenvalue weighted by atomic mass is 10.5. The van der Waals surface area contributed by atoms with Crippen LogP contribution in [0.15, 0.2) is 10.3 Å². The number of nitrogen functional groups attached to an aromatic ring is 1. The second-order valence-corrected chi connectivity index (χ2v) is 6.65. The number of nitrogens with one attached hydrogen (secondary N) is 2. The van der Waals surface area contributed by atoms with E-state index < -0.39 is 20.6 Å². The van der Waals surface area contributed by atoms with E-state index in [-0.39, 0.29) is 14.3 Å². The van der Waals surface area contributed by atoms with E-state index in [2.05, 4.69) is 24.9 Å². The van der Waals surface area contributed by atoms with Crippen LogP contribution in [0.3, 0.4) is 0 Å². The Balaban J connectivity index is 2.38. The molecule has 0 atom stereocenters. The van der Waals surface area contributed by atoms with Crippen molar-refractivity contribution >= 4 is 48.7 Å². The molecule has 0 amide bonds. The molecule has 4 N–H and O–H groups in total. The minimum Gasteiger partial charge on any atom is -0.310 e. The third-order valence-corrected chi connectivity index (χ3v) is 5.31. The summed E-state index contributed by atoms with van der Waals surface area (Å²) in [6.07, 6.45) is 0. The number of nitrogens with zero attached hydrogens (tertiary/aromatic N) is 4. The second-order valence-electron chi connectivity index (χ2n) is 2.95. The molecule has 0 aliphatic heterocycles. The van der Waals surface area contributed by atoms with Gasteiger partial charge >= 0.3 is 5.69 Å². The minimum atomic E-state index is -3.99. The van der Waals surface area contributed by atoms with E-state index in [1.54, 1.807) is 0 Å². The Morgan fingerprint density at radius 3 is 2.68 bits per heavy atom. The zero-order valence-electron chi connectivity index (χ0n) is 8.80. The molecule has 19 heavy (non-hydrogen) atoms. The van der Waals surface area contributed by atoms with Crippen molar-refractivity contribution in [2.24, 2.45) is 5.84 Å². The van der Waals surface area contributed by atoms with E-state index in [4.69, 9.17) is 5.84 Å². The van der Waals surface area contributed by atoms with Gasteiger partial charge in [-0.15, -0.1) is 0 Å². The summed E-state index contributed by atoms with van der Waals surface area (Å²) in [6, 6.07) is 0.899. The van der Waals surface area contributed by atoms with Gasteiger partial charge in [0.1, 0.15) is 4.21 Å². The van der Waals surface area contributed by atoms with Gasteiger partial charge in [-0.1, -0.05) is 20.9 Å². The fourth-order valence-corrected chi connectivity index (χ4v) is 3.89. The van der Waals surface area contributed by atoms with Crippen molar-refractivity contribution in [1.82, 2.24) is 14.8 Å². The van der Waals surface area contributed by atoms with Crippen LogP contribution in [0.4, 0.5) is 15.8 Å². The third kappa shape index (κ3) is 2.75. The van der Waals surface area contributed by atoms with Crippen LogP contribution >= 0.6 is 22.9 Å². The number of nitro groups is 1. The van der Waals surface area contributed by atoms with Crippen molar-refractivity contribution in [3.63, 3.8) is 0 Å². The highest BCUT2D eigenvalue weighted by molar-refractivity contribution is 7.95. The number of hydrogen-bond acceptors (Lipinski definition) is 11. The smallest absolute Gasteiger partial charge is 0.306 e. The zero-order valence-corrected chi connectivity index (χ0v) is 11.3. The highest BCUT2D eigenvalue weighted by Gasteiger charge is 2.26. The largest absolute Gasteiger partial charge is 0.310 e. The molecule has 102 valence electrons. The van der Waals surface area contributed by atoms with Gasteiger partial charge in [0.25, 0.3) is 10.0 Å². The summed E-state index contributed by atoms with van der Waals surface area (Å²) >= 11 is 1.36. The summed E-state index contributed by atoms with van der Waals surface area (Å²) in [7, 11) is -3.99. The topological polar surface area (TPSA) is 166 Å². The van der Waals surface area contributed by atoms with Crippen LogP contribution in [0.25, 0.3) is 0 Å². The first-order chi connectivity index (χ1) is 8.94. The number of hydrazine groups is 1. The molecule has 14 heteroatoms. The highest BCUT2D eigenvalue weighted by atomic mass is 32.2. The van der Waals surface area contributed by atoms with E-state index in [9.17, 15) is 18.5 Å². The first-order valence-electron chi connectivity index (χ1n) is 4.36. The number of rotatable bonds is 5. The molecular formula is C5H5N7O4S3. The number of anilines is 2. The van der Waals surface area contributed by atoms with E-state index in [0.717, 1.165) is 17.6 Å². The van der Waals surface area contributed by atoms with Gasteiger partial charge in [-0.05, 0) is 5.21 Å². The number of nitrogens with two attached hydrogens (primary N) is 1. The van der Waals surface area contributed by atoms with E-state index in [1.807, 2.05) is 0 Å². The Kier molecular flexibility index (Phi) is 3.56. The summed E-state index contributed by atoms with van der Waals surface area (Å²) in [6.45, 7) is 0. The molecule has 0 spiro atoms. The van der Waals surface area contributed by atoms with Crippen LogP contribution < -0.4 is 16.0 Å². The van der Waals surface area contributed by atoms with Gasteiger partial charge in [-0.3, -0.25) is 14.8 Å². The van der Waals surface area contributed by atoms with Gasteiger partial charge < -0.3 is 5.43 Å². The van der Waals surface area contributed by atoms with E-state index >= 15 is 0 Å². The molecule has 0 radical (unpaired) electrons. The average molecular weight is 323 g/mol. The fourth-order valence-electron chi connectivity index (χ4n) is 1.07. The summed E-state index contributed by atoms with van der Waals surface area (Å²) < 4.78 is 29.0. The van der Waals surface area contributed by atoms with Crippen molar-refractivity contribution in [1.29, 1.82) is 0 Å². The normalized spacial score (nSPS) is 11.2. The van der Waals surface area contributed by atoms with Crippen molar-refractivity contribution in [2.45, 2.75) is 4.21 Å². The zero-order chi connectivity index (χ0) is 14.0. The molecule has 0 aromatic carbocycles. The molecule has 0 bridgehead atoms. The van der Waals surface area contributed by atoms with Crippen LogP contribution in [0.2, 0.25) is 0 Å². The first-order valence-corrected chi connectivity index (χ1v) is 7.44. The fraction of sp³-hybridized carbons (Fsp3) is 0. The molecule has 0 aliphatic carbocycles. The van der Waals surface area contributed by atoms with Gasteiger partial charge in [0.15, 0.2) is 5.00 Å². The van der Waals surface area contributed by atoms with Gasteiger partial charge in [0.05, 0.1) is 4.92 Å². The van der Waals surface area contributed by atoms with Crippen LogP contribution in [0, 0.1) is 10.1 Å². The molecule has 2 aromatic rings. The molecule has 11 nitrogen and oxygen atoms in total. The molecule has 2 heterocycles. The Morgan fingerprint density at radius 1 is 1.47 bits per heavy atom. The molecular weight excluding hydrogens is 318 g/mol. The number of aromatic nitrogens is 3. The van der Waals surface area contributed by atoms with Gasteiger partial charge in [0.2, 0.25) is 5.13 Å². The van der Waals surface area contributed by atoms with Crippen LogP contribution in [-0.4, -0.2) is 28.1 Å². The maximum atomic E-state index is 11.9. The van der Waals surface area contributed by atoms with Crippen LogP contribution in [0.5, 0.6) is 0 Å². The minimum absolute atomic E-state index is 0.0432. The summed E-state index contributed by atoms with van der Waals surface area (Å²) in [5.74, 6) is 5.09. The lowest BCUT2D eigenvalue weighted by molar-refractivity contribution is -0.383. The molecule has 0 aliphatic rings. The lowest BCUT2D eigenvalue weighted by Gasteiger charge is -1.99. The van der Waals surface area contributed by atoms with Crippen molar-refractivity contribution in [2.75, 3.05) is 10.1 Å². The second kappa shape index (κ2) is 5.00. The molecule has 2 rings (SSSR count). The predicted molar refractivity (Wildman–Crippen MR) is 67.3 cm³/mol. The summed E-state index contributed by atoms with van der Waals surface area (Å²) in [4.78, 5) is 9.97. The predicted octanol–water partition coefficient (Wildman–Crippen LogP) is -0.0108. The molecule has 2 aromatic heterocycles. The van der Waals surface area contributed by atoms with Gasteiger partial charge in [0, 0.05) is 17.6 Å². The maximum absolute atomic E-state index is 11.9. The third-order valence-electron chi connectivity index (χ3n) is 1.80. The Hall–Kier alpha value is -1.90. The molecule has 0 fully saturated rings. The Labute approximate surface area is 113 Å². The van der Waals surface area contributed by atoms with Crippen LogP contribution in [-0.2, 0) is 10.0 Å². The Morgan fingerprint density at radius 2 is 2.21 bits per heavy atom. The van der Waals surface area contributed by atoms with Crippen molar-refractivity contribution in [3.05, 3.63) is 16.2 Å². The van der Waals surface area contributed by atoms with E-state index in [0.29, 0.717) is 11.3 Å². The highest BCUT2D eigenvalue weighted by Crippen LogP contribution is 2.36. The molecule has 0 saturated heterocycles. The number of hydrogen-bond donors (Lipinski definition) is 3. The SMILES string of the molecule is NNc1sc(S(=O)(=O)Nc2nnns2)cc1[N+](=O)[O-]. The first kappa shape index (κ1) is 13.5. The monoisotopic (exact) mass is 323 g/mol. The number of sulfonamides is 1. The summed E-state index contributed by atoms with van der Waals surface area (Å²) in [5.41, 5.74) is 1.65. The van der Waals surface area contributed by atoms with Gasteiger partial charge in [-0.2, -0.15) is 0 Å². The Bertz CT molecular complexity index is 692.